The predicted octanol–water partition coefficient (Wildman–Crippen LogP) is 2.03. The van der Waals surface area contributed by atoms with Crippen LogP contribution in [-0.2, 0) is 20.8 Å². The predicted molar refractivity (Wildman–Crippen MR) is 108 cm³/mol. The maximum atomic E-state index is 12.2. The average molecular weight is 389 g/mol. The number of rotatable bonds is 8. The Morgan fingerprint density at radius 1 is 1.36 bits per heavy atom. The zero-order chi connectivity index (χ0) is 20.6. The Labute approximate surface area is 168 Å². The van der Waals surface area contributed by atoms with Gasteiger partial charge in [0.25, 0.3) is 0 Å². The number of hydrogen-bond acceptors (Lipinski definition) is 7. The third kappa shape index (κ3) is 7.85. The standard InChI is InChI=1S/C21H32N4O3/c1-21(2,3)28-20(26)15-24-9-10-25(13-17-6-4-7-18(23)12-17)19(14-24)16-27-11-5-8-22/h4,6-7,12,19H,5,9-11,13-16,23H2,1-3H3. The highest BCUT2D eigenvalue weighted by Gasteiger charge is 2.29. The molecule has 0 amide bonds. The molecule has 28 heavy (non-hydrogen) atoms. The molecule has 0 radical (unpaired) electrons. The summed E-state index contributed by atoms with van der Waals surface area (Å²) in [5, 5.41) is 8.70. The molecule has 1 fully saturated rings. The number of benzene rings is 1. The fraction of sp³-hybridized carbons (Fsp3) is 0.619. The van der Waals surface area contributed by atoms with E-state index in [0.29, 0.717) is 26.2 Å². The molecule has 0 spiro atoms. The van der Waals surface area contributed by atoms with Crippen molar-refractivity contribution in [1.82, 2.24) is 9.80 Å². The van der Waals surface area contributed by atoms with Crippen LogP contribution in [0.3, 0.4) is 0 Å². The molecule has 2 N–H and O–H groups in total. The monoisotopic (exact) mass is 388 g/mol. The number of ether oxygens (including phenoxy) is 2. The van der Waals surface area contributed by atoms with Crippen LogP contribution < -0.4 is 5.73 Å². The van der Waals surface area contributed by atoms with Crippen molar-refractivity contribution >= 4 is 11.7 Å². The highest BCUT2D eigenvalue weighted by molar-refractivity contribution is 5.72. The van der Waals surface area contributed by atoms with Crippen molar-refractivity contribution in [3.8, 4) is 6.07 Å². The Morgan fingerprint density at radius 3 is 2.82 bits per heavy atom. The first-order valence-electron chi connectivity index (χ1n) is 9.74. The van der Waals surface area contributed by atoms with E-state index < -0.39 is 5.60 Å². The molecule has 1 unspecified atom stereocenters. The van der Waals surface area contributed by atoms with E-state index in [1.54, 1.807) is 0 Å². The molecule has 1 aromatic carbocycles. The van der Waals surface area contributed by atoms with Gasteiger partial charge >= 0.3 is 5.97 Å². The number of nitrogens with zero attached hydrogens (tertiary/aromatic N) is 3. The Balaban J connectivity index is 1.97. The summed E-state index contributed by atoms with van der Waals surface area (Å²) >= 11 is 0. The molecule has 7 heteroatoms. The van der Waals surface area contributed by atoms with Crippen molar-refractivity contribution < 1.29 is 14.3 Å². The van der Waals surface area contributed by atoms with Crippen molar-refractivity contribution in [2.24, 2.45) is 0 Å². The normalized spacial score (nSPS) is 18.6. The minimum absolute atomic E-state index is 0.135. The summed E-state index contributed by atoms with van der Waals surface area (Å²) in [4.78, 5) is 16.7. The van der Waals surface area contributed by atoms with Gasteiger partial charge in [-0.15, -0.1) is 0 Å². The number of carbonyl (C=O) groups is 1. The third-order valence-corrected chi connectivity index (χ3v) is 4.47. The van der Waals surface area contributed by atoms with Crippen LogP contribution in [0.1, 0.15) is 32.8 Å². The van der Waals surface area contributed by atoms with Crippen LogP contribution in [0, 0.1) is 11.3 Å². The highest BCUT2D eigenvalue weighted by Crippen LogP contribution is 2.17. The van der Waals surface area contributed by atoms with Gasteiger partial charge in [0.2, 0.25) is 0 Å². The summed E-state index contributed by atoms with van der Waals surface area (Å²) in [7, 11) is 0. The van der Waals surface area contributed by atoms with Crippen LogP contribution in [0.15, 0.2) is 24.3 Å². The average Bonchev–Trinajstić information content (AvgIpc) is 2.59. The van der Waals surface area contributed by atoms with Gasteiger partial charge in [0.15, 0.2) is 0 Å². The second-order valence-corrected chi connectivity index (χ2v) is 8.17. The van der Waals surface area contributed by atoms with Crippen LogP contribution in [0.25, 0.3) is 0 Å². The van der Waals surface area contributed by atoms with E-state index in [0.717, 1.165) is 30.9 Å². The van der Waals surface area contributed by atoms with Crippen LogP contribution in [0.5, 0.6) is 0 Å². The molecule has 1 aromatic rings. The van der Waals surface area contributed by atoms with E-state index in [9.17, 15) is 4.79 Å². The Morgan fingerprint density at radius 2 is 2.14 bits per heavy atom. The second-order valence-electron chi connectivity index (χ2n) is 8.17. The van der Waals surface area contributed by atoms with Crippen molar-refractivity contribution in [3.63, 3.8) is 0 Å². The maximum absolute atomic E-state index is 12.2. The van der Waals surface area contributed by atoms with Gasteiger partial charge in [-0.25, -0.2) is 0 Å². The van der Waals surface area contributed by atoms with Gasteiger partial charge in [0, 0.05) is 37.9 Å². The van der Waals surface area contributed by atoms with Crippen molar-refractivity contribution in [3.05, 3.63) is 29.8 Å². The first-order chi connectivity index (χ1) is 13.3. The van der Waals surface area contributed by atoms with Gasteiger partial charge < -0.3 is 15.2 Å². The summed E-state index contributed by atoms with van der Waals surface area (Å²) in [6.45, 7) is 9.95. The molecule has 1 saturated heterocycles. The molecule has 0 bridgehead atoms. The van der Waals surface area contributed by atoms with Gasteiger partial charge in [0.05, 0.1) is 32.2 Å². The molecule has 0 saturated carbocycles. The zero-order valence-corrected chi connectivity index (χ0v) is 17.2. The molecule has 0 aliphatic carbocycles. The van der Waals surface area contributed by atoms with Gasteiger partial charge in [-0.3, -0.25) is 14.6 Å². The summed E-state index contributed by atoms with van der Waals surface area (Å²) in [5.41, 5.74) is 7.33. The van der Waals surface area contributed by atoms with Gasteiger partial charge in [-0.05, 0) is 38.5 Å². The van der Waals surface area contributed by atoms with E-state index in [2.05, 4.69) is 21.9 Å². The quantitative estimate of drug-likeness (QED) is 0.414. The molecular formula is C21H32N4O3. The number of anilines is 1. The van der Waals surface area contributed by atoms with E-state index in [1.165, 1.54) is 0 Å². The lowest BCUT2D eigenvalue weighted by molar-refractivity contribution is -0.157. The number of nitriles is 1. The molecular weight excluding hydrogens is 356 g/mol. The van der Waals surface area contributed by atoms with Crippen LogP contribution >= 0.6 is 0 Å². The zero-order valence-electron chi connectivity index (χ0n) is 17.2. The van der Waals surface area contributed by atoms with E-state index >= 15 is 0 Å². The molecule has 0 aromatic heterocycles. The molecule has 1 heterocycles. The number of nitrogen functional groups attached to an aromatic ring is 1. The first-order valence-corrected chi connectivity index (χ1v) is 9.74. The Kier molecular flexibility index (Phi) is 8.24. The number of nitrogens with two attached hydrogens (primary N) is 1. The lowest BCUT2D eigenvalue weighted by Gasteiger charge is -2.41. The third-order valence-electron chi connectivity index (χ3n) is 4.47. The fourth-order valence-electron chi connectivity index (χ4n) is 3.29. The smallest absolute Gasteiger partial charge is 0.320 e. The number of carbonyl (C=O) groups excluding carboxylic acids is 1. The number of esters is 1. The van der Waals surface area contributed by atoms with Crippen molar-refractivity contribution in [2.75, 3.05) is 45.1 Å². The molecule has 7 nitrogen and oxygen atoms in total. The Bertz CT molecular complexity index is 681. The number of piperazine rings is 1. The van der Waals surface area contributed by atoms with Crippen molar-refractivity contribution in [2.45, 2.75) is 45.4 Å². The van der Waals surface area contributed by atoms with Gasteiger partial charge in [0.1, 0.15) is 5.60 Å². The van der Waals surface area contributed by atoms with Crippen LogP contribution in [0.4, 0.5) is 5.69 Å². The van der Waals surface area contributed by atoms with Crippen LogP contribution in [-0.4, -0.2) is 66.8 Å². The summed E-state index contributed by atoms with van der Waals surface area (Å²) < 4.78 is 11.2. The van der Waals surface area contributed by atoms with E-state index in [-0.39, 0.29) is 18.6 Å². The minimum atomic E-state index is -0.480. The second kappa shape index (κ2) is 10.4. The van der Waals surface area contributed by atoms with Gasteiger partial charge in [-0.2, -0.15) is 5.26 Å². The van der Waals surface area contributed by atoms with Gasteiger partial charge in [-0.1, -0.05) is 12.1 Å². The molecule has 154 valence electrons. The van der Waals surface area contributed by atoms with E-state index in [4.69, 9.17) is 20.5 Å². The highest BCUT2D eigenvalue weighted by atomic mass is 16.6. The topological polar surface area (TPSA) is 91.8 Å². The first kappa shape index (κ1) is 22.2. The van der Waals surface area contributed by atoms with Crippen molar-refractivity contribution in [1.29, 1.82) is 5.26 Å². The SMILES string of the molecule is CC(C)(C)OC(=O)CN1CCN(Cc2cccc(N)c2)C(COCCC#N)C1. The molecule has 2 rings (SSSR count). The van der Waals surface area contributed by atoms with Crippen LogP contribution in [0.2, 0.25) is 0 Å². The maximum Gasteiger partial charge on any atom is 0.320 e. The van der Waals surface area contributed by atoms with E-state index in [1.807, 2.05) is 39.0 Å². The largest absolute Gasteiger partial charge is 0.459 e. The molecule has 1 aliphatic heterocycles. The number of hydrogen-bond donors (Lipinski definition) is 1. The summed E-state index contributed by atoms with van der Waals surface area (Å²) in [6.07, 6.45) is 0.379. The summed E-state index contributed by atoms with van der Waals surface area (Å²) in [6, 6.07) is 10.1. The lowest BCUT2D eigenvalue weighted by Crippen LogP contribution is -2.55. The molecule has 1 atom stereocenters. The fourth-order valence-corrected chi connectivity index (χ4v) is 3.29. The summed E-state index contributed by atoms with van der Waals surface area (Å²) in [5.74, 6) is -0.207. The Hall–Kier alpha value is -2.14. The molecule has 1 aliphatic rings. The minimum Gasteiger partial charge on any atom is -0.459 e. The lowest BCUT2D eigenvalue weighted by atomic mass is 10.1.